The van der Waals surface area contributed by atoms with Crippen LogP contribution < -0.4 is 0 Å². The van der Waals surface area contributed by atoms with E-state index >= 15 is 0 Å². The molecule has 0 unspecified atom stereocenters. The van der Waals surface area contributed by atoms with E-state index in [0.29, 0.717) is 5.92 Å². The zero-order chi connectivity index (χ0) is 10.1. The maximum atomic E-state index is 5.74. The molecule has 0 heterocycles. The molecule has 78 valence electrons. The highest BCUT2D eigenvalue weighted by molar-refractivity contribution is 9.24. The van der Waals surface area contributed by atoms with Gasteiger partial charge in [0.25, 0.3) is 0 Å². The monoisotopic (exact) mass is 264 g/mol. The lowest BCUT2D eigenvalue weighted by atomic mass is 10.2. The molecule has 0 rings (SSSR count). The van der Waals surface area contributed by atoms with Crippen molar-refractivity contribution in [3.63, 3.8) is 0 Å². The molecular formula is C10H22AlBrO. The van der Waals surface area contributed by atoms with E-state index in [1.807, 2.05) is 0 Å². The highest BCUT2D eigenvalue weighted by Gasteiger charge is 2.15. The zero-order valence-corrected chi connectivity index (χ0v) is 11.9. The van der Waals surface area contributed by atoms with Crippen molar-refractivity contribution in [2.75, 3.05) is 6.61 Å². The molecular weight excluding hydrogens is 243 g/mol. The van der Waals surface area contributed by atoms with Crippen molar-refractivity contribution in [1.82, 2.24) is 0 Å². The highest BCUT2D eigenvalue weighted by atomic mass is 79.9. The fourth-order valence-electron chi connectivity index (χ4n) is 1.11. The van der Waals surface area contributed by atoms with Gasteiger partial charge in [0, 0.05) is 6.61 Å². The molecule has 0 bridgehead atoms. The third-order valence-corrected chi connectivity index (χ3v) is 5.48. The van der Waals surface area contributed by atoms with Gasteiger partial charge >= 0.3 is 12.7 Å². The molecule has 0 radical (unpaired) electrons. The molecule has 0 spiro atoms. The second-order valence-corrected chi connectivity index (χ2v) is 8.78. The summed E-state index contributed by atoms with van der Waals surface area (Å²) in [6, 6.07) is 0. The normalized spacial score (nSPS) is 10.8. The Morgan fingerprint density at radius 2 is 1.92 bits per heavy atom. The first-order valence-electron chi connectivity index (χ1n) is 5.42. The van der Waals surface area contributed by atoms with Crippen molar-refractivity contribution in [2.24, 2.45) is 5.92 Å². The third-order valence-electron chi connectivity index (χ3n) is 1.90. The van der Waals surface area contributed by atoms with Crippen LogP contribution in [0, 0.1) is 5.92 Å². The maximum absolute atomic E-state index is 5.74. The van der Waals surface area contributed by atoms with Crippen LogP contribution in [0.3, 0.4) is 0 Å². The molecule has 0 fully saturated rings. The molecule has 0 saturated carbocycles. The van der Waals surface area contributed by atoms with E-state index in [-0.39, 0.29) is 0 Å². The second kappa shape index (κ2) is 9.52. The molecule has 0 amide bonds. The van der Waals surface area contributed by atoms with Crippen LogP contribution in [-0.2, 0) is 3.79 Å². The van der Waals surface area contributed by atoms with Gasteiger partial charge < -0.3 is 3.79 Å². The third kappa shape index (κ3) is 10.9. The van der Waals surface area contributed by atoms with Crippen molar-refractivity contribution in [3.8, 4) is 0 Å². The largest absolute Gasteiger partial charge is 0.557 e. The van der Waals surface area contributed by atoms with Crippen LogP contribution in [0.5, 0.6) is 0 Å². The topological polar surface area (TPSA) is 9.23 Å². The number of rotatable bonds is 8. The fourth-order valence-corrected chi connectivity index (χ4v) is 3.91. The first-order chi connectivity index (χ1) is 6.16. The van der Waals surface area contributed by atoms with E-state index in [2.05, 4.69) is 34.8 Å². The van der Waals surface area contributed by atoms with Gasteiger partial charge in [0.1, 0.15) is 0 Å². The Kier molecular flexibility index (Phi) is 10.2. The standard InChI is InChI=1S/C6H13.C4H9O.Al.BrH/c1-3-5-6-4-2;1-4(2)3-5;;/h1,3-6H2,2H3;4H,3H2,1-2H3;;1H/q;-1;+2;/p-1. The first-order valence-corrected chi connectivity index (χ1v) is 9.89. The SMILES string of the molecule is CCCCC[CH2][Al]([Br])[O]CC(C)C. The van der Waals surface area contributed by atoms with E-state index in [0.717, 1.165) is 6.61 Å². The summed E-state index contributed by atoms with van der Waals surface area (Å²) in [4.78, 5) is 0. The smallest absolute Gasteiger partial charge is 0.492 e. The van der Waals surface area contributed by atoms with E-state index < -0.39 is 12.7 Å². The molecule has 0 aromatic carbocycles. The number of hydrogen-bond donors (Lipinski definition) is 0. The van der Waals surface area contributed by atoms with Crippen molar-refractivity contribution in [1.29, 1.82) is 0 Å². The van der Waals surface area contributed by atoms with Crippen LogP contribution in [0.2, 0.25) is 5.28 Å². The van der Waals surface area contributed by atoms with E-state index in [1.54, 1.807) is 0 Å². The fraction of sp³-hybridized carbons (Fsp3) is 1.00. The lowest BCUT2D eigenvalue weighted by Crippen LogP contribution is -2.13. The van der Waals surface area contributed by atoms with E-state index in [9.17, 15) is 0 Å². The predicted octanol–water partition coefficient (Wildman–Crippen LogP) is 4.12. The summed E-state index contributed by atoms with van der Waals surface area (Å²) in [7, 11) is 0. The molecule has 0 aliphatic rings. The average molecular weight is 265 g/mol. The minimum atomic E-state index is -0.988. The maximum Gasteiger partial charge on any atom is 0.557 e. The summed E-state index contributed by atoms with van der Waals surface area (Å²) < 4.78 is 5.74. The summed E-state index contributed by atoms with van der Waals surface area (Å²) in [6.45, 7) is 7.57. The van der Waals surface area contributed by atoms with E-state index in [1.165, 1.54) is 31.0 Å². The Morgan fingerprint density at radius 1 is 1.23 bits per heavy atom. The van der Waals surface area contributed by atoms with Crippen molar-refractivity contribution in [3.05, 3.63) is 0 Å². The molecule has 0 N–H and O–H groups in total. The van der Waals surface area contributed by atoms with Crippen LogP contribution in [0.4, 0.5) is 0 Å². The van der Waals surface area contributed by atoms with Gasteiger partial charge in [0.05, 0.1) is 0 Å². The molecule has 0 aromatic heterocycles. The van der Waals surface area contributed by atoms with Crippen LogP contribution in [0.15, 0.2) is 0 Å². The van der Waals surface area contributed by atoms with Gasteiger partial charge in [-0.15, -0.1) is 0 Å². The van der Waals surface area contributed by atoms with Crippen LogP contribution in [0.25, 0.3) is 0 Å². The minimum absolute atomic E-state index is 0.670. The zero-order valence-electron chi connectivity index (χ0n) is 9.18. The average Bonchev–Trinajstić information content (AvgIpc) is 2.09. The molecule has 1 nitrogen and oxygen atoms in total. The number of halogens is 1. The Balaban J connectivity index is 3.15. The van der Waals surface area contributed by atoms with E-state index in [4.69, 9.17) is 3.79 Å². The van der Waals surface area contributed by atoms with Crippen molar-refractivity contribution in [2.45, 2.75) is 51.7 Å². The Hall–Kier alpha value is 0.972. The molecule has 0 aliphatic heterocycles. The number of unbranched alkanes of at least 4 members (excludes halogenated alkanes) is 3. The summed E-state index contributed by atoms with van der Waals surface area (Å²) >= 11 is 2.69. The van der Waals surface area contributed by atoms with Crippen LogP contribution >= 0.6 is 14.1 Å². The second-order valence-electron chi connectivity index (χ2n) is 3.99. The number of hydrogen-bond acceptors (Lipinski definition) is 1. The van der Waals surface area contributed by atoms with Crippen molar-refractivity contribution >= 4 is 26.7 Å². The molecule has 13 heavy (non-hydrogen) atoms. The molecule has 0 atom stereocenters. The van der Waals surface area contributed by atoms with Gasteiger partial charge in [-0.3, -0.25) is 0 Å². The summed E-state index contributed by atoms with van der Waals surface area (Å²) in [5.41, 5.74) is 0. The lowest BCUT2D eigenvalue weighted by molar-refractivity contribution is 0.280. The quantitative estimate of drug-likeness (QED) is 0.473. The highest BCUT2D eigenvalue weighted by Crippen LogP contribution is 2.11. The predicted molar refractivity (Wildman–Crippen MR) is 64.4 cm³/mol. The summed E-state index contributed by atoms with van der Waals surface area (Å²) in [5.74, 6) is 0.670. The van der Waals surface area contributed by atoms with Crippen LogP contribution in [-0.4, -0.2) is 19.3 Å². The molecule has 3 heteroatoms. The Bertz CT molecular complexity index is 109. The van der Waals surface area contributed by atoms with Crippen molar-refractivity contribution < 1.29 is 3.79 Å². The van der Waals surface area contributed by atoms with Crippen LogP contribution in [0.1, 0.15) is 46.5 Å². The first kappa shape index (κ1) is 14.0. The van der Waals surface area contributed by atoms with Gasteiger partial charge in [-0.2, -0.15) is 14.1 Å². The summed E-state index contributed by atoms with van der Waals surface area (Å²) in [5, 5.41) is 1.28. The van der Waals surface area contributed by atoms with Gasteiger partial charge in [0.2, 0.25) is 0 Å². The minimum Gasteiger partial charge on any atom is -0.492 e. The summed E-state index contributed by atoms with van der Waals surface area (Å²) in [6.07, 6.45) is 5.41. The van der Waals surface area contributed by atoms with Gasteiger partial charge in [0.15, 0.2) is 0 Å². The van der Waals surface area contributed by atoms with Gasteiger partial charge in [-0.25, -0.2) is 0 Å². The molecule has 0 aromatic rings. The molecule has 0 aliphatic carbocycles. The van der Waals surface area contributed by atoms with Gasteiger partial charge in [-0.1, -0.05) is 51.7 Å². The Morgan fingerprint density at radius 3 is 2.46 bits per heavy atom. The van der Waals surface area contributed by atoms with Gasteiger partial charge in [-0.05, 0) is 5.92 Å². The lowest BCUT2D eigenvalue weighted by Gasteiger charge is -2.09. The molecule has 0 saturated heterocycles. The Labute approximate surface area is 94.6 Å².